The molecule has 0 unspecified atom stereocenters. The highest BCUT2D eigenvalue weighted by atomic mass is 16.5. The van der Waals surface area contributed by atoms with Gasteiger partial charge in [-0.05, 0) is 23.8 Å². The van der Waals surface area contributed by atoms with E-state index in [9.17, 15) is 19.5 Å². The van der Waals surface area contributed by atoms with Gasteiger partial charge in [-0.1, -0.05) is 30.3 Å². The monoisotopic (exact) mass is 406 g/mol. The first kappa shape index (κ1) is 19.2. The Morgan fingerprint density at radius 2 is 2.00 bits per heavy atom. The lowest BCUT2D eigenvalue weighted by Crippen LogP contribution is -2.36. The number of fused-ring (bicyclic) bond motifs is 1. The van der Waals surface area contributed by atoms with Crippen LogP contribution in [0.2, 0.25) is 0 Å². The molecule has 2 amide bonds. The lowest BCUT2D eigenvalue weighted by molar-refractivity contribution is -0.125. The number of carboxylic acid groups (broad SMARTS) is 1. The third kappa shape index (κ3) is 3.48. The van der Waals surface area contributed by atoms with Crippen molar-refractivity contribution < 1.29 is 24.2 Å². The summed E-state index contributed by atoms with van der Waals surface area (Å²) in [7, 11) is 1.41. The minimum Gasteiger partial charge on any atom is -0.495 e. The highest BCUT2D eigenvalue weighted by Gasteiger charge is 2.33. The maximum atomic E-state index is 13.0. The van der Waals surface area contributed by atoms with Gasteiger partial charge in [-0.15, -0.1) is 0 Å². The molecule has 1 aliphatic heterocycles. The third-order valence-electron chi connectivity index (χ3n) is 4.82. The van der Waals surface area contributed by atoms with Crippen LogP contribution in [-0.2, 0) is 9.59 Å². The number of hydrogen-bond acceptors (Lipinski definition) is 5. The van der Waals surface area contributed by atoms with Crippen molar-refractivity contribution in [2.45, 2.75) is 12.5 Å². The number of hydrogen-bond donors (Lipinski definition) is 3. The lowest BCUT2D eigenvalue weighted by atomic mass is 10.1. The van der Waals surface area contributed by atoms with Crippen molar-refractivity contribution in [3.05, 3.63) is 60.3 Å². The van der Waals surface area contributed by atoms with E-state index in [1.807, 2.05) is 30.3 Å². The van der Waals surface area contributed by atoms with Crippen LogP contribution >= 0.6 is 0 Å². The van der Waals surface area contributed by atoms with E-state index < -0.39 is 17.9 Å². The number of aromatic carboxylic acids is 1. The summed E-state index contributed by atoms with van der Waals surface area (Å²) in [6.07, 6.45) is 1.50. The molecule has 2 heterocycles. The number of aromatic nitrogens is 2. The van der Waals surface area contributed by atoms with E-state index >= 15 is 0 Å². The van der Waals surface area contributed by atoms with Crippen LogP contribution in [-0.4, -0.2) is 39.8 Å². The molecule has 2 aromatic carbocycles. The highest BCUT2D eigenvalue weighted by Crippen LogP contribution is 2.35. The van der Waals surface area contributed by atoms with Crippen molar-refractivity contribution in [1.29, 1.82) is 0 Å². The summed E-state index contributed by atoms with van der Waals surface area (Å²) in [5, 5.41) is 19.0. The number of carbonyl (C=O) groups excluding carboxylic acids is 2. The number of ether oxygens (including phenoxy) is 1. The van der Waals surface area contributed by atoms with Gasteiger partial charge in [0, 0.05) is 5.56 Å². The summed E-state index contributed by atoms with van der Waals surface area (Å²) in [6.45, 7) is 0. The second kappa shape index (κ2) is 7.70. The predicted molar refractivity (Wildman–Crippen MR) is 109 cm³/mol. The second-order valence-electron chi connectivity index (χ2n) is 6.70. The molecule has 152 valence electrons. The standard InChI is InChI=1S/C21H18N4O5/c1-30-17-8-7-13(21(28)29)9-15(17)23-20(27)16-10-18(26)24-19-14(11-22-25(16)19)12-5-3-2-4-6-12/h2-9,11,16H,10H2,1H3,(H,23,27)(H,24,26)(H,28,29)/t16-/m0/s1. The lowest BCUT2D eigenvalue weighted by Gasteiger charge is -2.25. The zero-order valence-electron chi connectivity index (χ0n) is 16.0. The van der Waals surface area contributed by atoms with E-state index in [0.29, 0.717) is 17.1 Å². The van der Waals surface area contributed by atoms with Gasteiger partial charge in [0.25, 0.3) is 0 Å². The second-order valence-corrected chi connectivity index (χ2v) is 6.70. The van der Waals surface area contributed by atoms with Crippen LogP contribution in [0.4, 0.5) is 11.5 Å². The SMILES string of the molecule is COc1ccc(C(=O)O)cc1NC(=O)[C@@H]1CC(=O)Nc2c(-c3ccccc3)cnn21. The molecule has 0 bridgehead atoms. The molecular weight excluding hydrogens is 388 g/mol. The molecule has 0 fully saturated rings. The quantitative estimate of drug-likeness (QED) is 0.599. The fraction of sp³-hybridized carbons (Fsp3) is 0.143. The number of nitrogens with one attached hydrogen (secondary N) is 2. The number of carbonyl (C=O) groups is 3. The molecule has 4 rings (SSSR count). The molecule has 3 N–H and O–H groups in total. The Hall–Kier alpha value is -4.14. The summed E-state index contributed by atoms with van der Waals surface area (Å²) in [6, 6.07) is 12.6. The van der Waals surface area contributed by atoms with Crippen LogP contribution in [0.15, 0.2) is 54.7 Å². The summed E-state index contributed by atoms with van der Waals surface area (Å²) in [5.41, 5.74) is 1.76. The van der Waals surface area contributed by atoms with Gasteiger partial charge in [0.1, 0.15) is 17.6 Å². The van der Waals surface area contributed by atoms with Crippen molar-refractivity contribution in [1.82, 2.24) is 9.78 Å². The zero-order chi connectivity index (χ0) is 21.3. The van der Waals surface area contributed by atoms with Gasteiger partial charge in [0.05, 0.1) is 31.0 Å². The molecule has 0 saturated carbocycles. The minimum atomic E-state index is -1.13. The number of anilines is 2. The average molecular weight is 406 g/mol. The molecule has 0 radical (unpaired) electrons. The molecule has 0 spiro atoms. The fourth-order valence-corrected chi connectivity index (χ4v) is 3.36. The Morgan fingerprint density at radius 1 is 1.23 bits per heavy atom. The van der Waals surface area contributed by atoms with Gasteiger partial charge in [-0.2, -0.15) is 5.10 Å². The van der Waals surface area contributed by atoms with E-state index in [4.69, 9.17) is 4.74 Å². The number of amides is 2. The molecular formula is C21H18N4O5. The number of nitrogens with zero attached hydrogens (tertiary/aromatic N) is 2. The van der Waals surface area contributed by atoms with E-state index in [0.717, 1.165) is 5.56 Å². The normalized spacial score (nSPS) is 15.1. The first-order valence-corrected chi connectivity index (χ1v) is 9.13. The number of benzene rings is 2. The molecule has 0 saturated heterocycles. The molecule has 0 aliphatic carbocycles. The first-order chi connectivity index (χ1) is 14.5. The molecule has 1 aromatic heterocycles. The molecule has 30 heavy (non-hydrogen) atoms. The molecule has 9 nitrogen and oxygen atoms in total. The van der Waals surface area contributed by atoms with E-state index in [2.05, 4.69) is 15.7 Å². The van der Waals surface area contributed by atoms with Crippen LogP contribution in [0.3, 0.4) is 0 Å². The maximum absolute atomic E-state index is 13.0. The summed E-state index contributed by atoms with van der Waals surface area (Å²) in [4.78, 5) is 36.6. The largest absolute Gasteiger partial charge is 0.495 e. The fourth-order valence-electron chi connectivity index (χ4n) is 3.36. The molecule has 3 aromatic rings. The van der Waals surface area contributed by atoms with Crippen molar-refractivity contribution in [3.63, 3.8) is 0 Å². The van der Waals surface area contributed by atoms with Gasteiger partial charge >= 0.3 is 5.97 Å². The topological polar surface area (TPSA) is 123 Å². The van der Waals surface area contributed by atoms with E-state index in [1.165, 1.54) is 30.0 Å². The zero-order valence-corrected chi connectivity index (χ0v) is 16.0. The number of methoxy groups -OCH3 is 1. The van der Waals surface area contributed by atoms with Gasteiger partial charge in [0.2, 0.25) is 11.8 Å². The smallest absolute Gasteiger partial charge is 0.335 e. The molecule has 1 aliphatic rings. The minimum absolute atomic E-state index is 0.00127. The van der Waals surface area contributed by atoms with Crippen molar-refractivity contribution in [2.75, 3.05) is 17.7 Å². The van der Waals surface area contributed by atoms with Crippen molar-refractivity contribution in [3.8, 4) is 16.9 Å². The van der Waals surface area contributed by atoms with E-state index in [-0.39, 0.29) is 23.6 Å². The Balaban J connectivity index is 1.67. The summed E-state index contributed by atoms with van der Waals surface area (Å²) < 4.78 is 6.68. The van der Waals surface area contributed by atoms with E-state index in [1.54, 1.807) is 6.20 Å². The van der Waals surface area contributed by atoms with Crippen molar-refractivity contribution >= 4 is 29.3 Å². The summed E-state index contributed by atoms with van der Waals surface area (Å²) >= 11 is 0. The van der Waals surface area contributed by atoms with Crippen molar-refractivity contribution in [2.24, 2.45) is 0 Å². The van der Waals surface area contributed by atoms with Gasteiger partial charge < -0.3 is 20.5 Å². The Bertz CT molecular complexity index is 1140. The van der Waals surface area contributed by atoms with Gasteiger partial charge in [-0.3, -0.25) is 9.59 Å². The Labute approximate surface area is 171 Å². The van der Waals surface area contributed by atoms with Crippen LogP contribution in [0, 0.1) is 0 Å². The van der Waals surface area contributed by atoms with Crippen LogP contribution in [0.25, 0.3) is 11.1 Å². The average Bonchev–Trinajstić information content (AvgIpc) is 3.17. The first-order valence-electron chi connectivity index (χ1n) is 9.13. The van der Waals surface area contributed by atoms with Gasteiger partial charge in [0.15, 0.2) is 0 Å². The Kier molecular flexibility index (Phi) is 4.93. The van der Waals surface area contributed by atoms with Crippen LogP contribution in [0.5, 0.6) is 5.75 Å². The van der Waals surface area contributed by atoms with Crippen LogP contribution < -0.4 is 15.4 Å². The Morgan fingerprint density at radius 3 is 2.70 bits per heavy atom. The number of rotatable bonds is 5. The van der Waals surface area contributed by atoms with Crippen LogP contribution in [0.1, 0.15) is 22.8 Å². The number of carboxylic acids is 1. The summed E-state index contributed by atoms with van der Waals surface area (Å²) in [5.74, 6) is -1.21. The maximum Gasteiger partial charge on any atom is 0.335 e. The molecule has 9 heteroatoms. The highest BCUT2D eigenvalue weighted by molar-refractivity contribution is 6.04. The molecule has 1 atom stereocenters. The predicted octanol–water partition coefficient (Wildman–Crippen LogP) is 2.78. The third-order valence-corrected chi connectivity index (χ3v) is 4.82. The van der Waals surface area contributed by atoms with Gasteiger partial charge in [-0.25, -0.2) is 9.48 Å².